The number of carbonyl (C=O) groups is 2. The van der Waals surface area contributed by atoms with Gasteiger partial charge in [0.2, 0.25) is 0 Å². The van der Waals surface area contributed by atoms with E-state index in [1.807, 2.05) is 0 Å². The van der Waals surface area contributed by atoms with Crippen molar-refractivity contribution in [2.75, 3.05) is 0 Å². The Morgan fingerprint density at radius 2 is 0.683 bits per heavy atom. The molecule has 0 rings (SSSR count). The number of carboxylic acid groups (broad SMARTS) is 2. The molecule has 0 amide bonds. The van der Waals surface area contributed by atoms with E-state index in [1.165, 1.54) is 77.0 Å². The zero-order chi connectivity index (χ0) is 29.8. The van der Waals surface area contributed by atoms with Crippen molar-refractivity contribution in [2.24, 2.45) is 0 Å². The van der Waals surface area contributed by atoms with Gasteiger partial charge in [-0.3, -0.25) is 0 Å². The van der Waals surface area contributed by atoms with E-state index in [-0.39, 0.29) is 32.3 Å². The number of hydrogen-bond acceptors (Lipinski definition) is 4. The van der Waals surface area contributed by atoms with E-state index < -0.39 is 11.9 Å². The molecule has 0 N–H and O–H groups in total. The van der Waals surface area contributed by atoms with Crippen molar-refractivity contribution < 1.29 is 39.3 Å². The van der Waals surface area contributed by atoms with Gasteiger partial charge >= 0.3 is 19.5 Å². The molecule has 0 bridgehead atoms. The third-order valence-electron chi connectivity index (χ3n) is 6.66. The van der Waals surface area contributed by atoms with E-state index in [4.69, 9.17) is 0 Å². The first-order valence-corrected chi connectivity index (χ1v) is 16.5. The van der Waals surface area contributed by atoms with Crippen molar-refractivity contribution in [3.63, 3.8) is 0 Å². The molecule has 4 nitrogen and oxygen atoms in total. The Labute approximate surface area is 267 Å². The zero-order valence-electron chi connectivity index (χ0n) is 26.9. The summed E-state index contributed by atoms with van der Waals surface area (Å²) >= 11 is 0. The fraction of sp³-hybridized carbons (Fsp3) is 0.722. The quantitative estimate of drug-likeness (QED) is 0.0494. The normalized spacial score (nSPS) is 11.4. The Morgan fingerprint density at radius 1 is 0.415 bits per heavy atom. The minimum atomic E-state index is -0.921. The summed E-state index contributed by atoms with van der Waals surface area (Å²) in [5.41, 5.74) is 0. The maximum atomic E-state index is 10.2. The molecule has 0 aliphatic rings. The molecule has 0 fully saturated rings. The van der Waals surface area contributed by atoms with Crippen LogP contribution in [0.3, 0.4) is 0 Å². The van der Waals surface area contributed by atoms with Crippen molar-refractivity contribution in [3.8, 4) is 0 Å². The Bertz CT molecular complexity index is 596. The Morgan fingerprint density at radius 3 is 0.976 bits per heavy atom. The molecule has 0 saturated heterocycles. The second-order valence-corrected chi connectivity index (χ2v) is 10.7. The smallest absolute Gasteiger partial charge is 0.550 e. The summed E-state index contributed by atoms with van der Waals surface area (Å²) in [6, 6.07) is 0. The summed E-state index contributed by atoms with van der Waals surface area (Å²) in [7, 11) is 0. The first kappa shape index (κ1) is 44.0. The Hall–Kier alpha value is -1.48. The molecule has 0 aromatic carbocycles. The van der Waals surface area contributed by atoms with E-state index in [1.54, 1.807) is 0 Å². The van der Waals surface area contributed by atoms with Crippen LogP contribution in [0.2, 0.25) is 0 Å². The van der Waals surface area contributed by atoms with Crippen LogP contribution in [0.4, 0.5) is 0 Å². The molecule has 0 aliphatic heterocycles. The van der Waals surface area contributed by atoms with Gasteiger partial charge < -0.3 is 19.8 Å². The van der Waals surface area contributed by atoms with E-state index in [2.05, 4.69) is 62.5 Å². The molecule has 232 valence electrons. The molecule has 0 atom stereocenters. The minimum Gasteiger partial charge on any atom is -0.550 e. The second-order valence-electron chi connectivity index (χ2n) is 10.7. The fourth-order valence-corrected chi connectivity index (χ4v) is 4.16. The Balaban J connectivity index is -0.000000688. The van der Waals surface area contributed by atoms with Crippen LogP contribution in [0.15, 0.2) is 48.6 Å². The maximum Gasteiger partial charge on any atom is 2.00 e. The largest absolute Gasteiger partial charge is 2.00 e. The number of allylic oxidation sites excluding steroid dienone is 8. The standard InChI is InChI=1S/2C18H32O2.Zn/c2*1-2-3-4-5-6-7-8-9-10-11-12-13-14-15-16-17-18(19)20;/h2*6-7,9-10H,2-5,8,11-17H2,1H3,(H,19,20);/q;;+2/p-2/b2*7-6+,10-9+;. The number of carbonyl (C=O) groups excluding carboxylic acids is 2. The van der Waals surface area contributed by atoms with Crippen LogP contribution < -0.4 is 10.2 Å². The molecule has 41 heavy (non-hydrogen) atoms. The van der Waals surface area contributed by atoms with Gasteiger partial charge in [-0.05, 0) is 89.9 Å². The van der Waals surface area contributed by atoms with Crippen molar-refractivity contribution in [1.82, 2.24) is 0 Å². The van der Waals surface area contributed by atoms with E-state index in [0.29, 0.717) is 0 Å². The van der Waals surface area contributed by atoms with Gasteiger partial charge in [-0.25, -0.2) is 0 Å². The summed E-state index contributed by atoms with van der Waals surface area (Å²) in [5, 5.41) is 20.4. The first-order valence-electron chi connectivity index (χ1n) is 16.5. The molecule has 0 aromatic rings. The molecule has 0 aliphatic carbocycles. The summed E-state index contributed by atoms with van der Waals surface area (Å²) in [4.78, 5) is 20.4. The van der Waals surface area contributed by atoms with Crippen LogP contribution in [0.25, 0.3) is 0 Å². The predicted molar refractivity (Wildman–Crippen MR) is 169 cm³/mol. The second kappa shape index (κ2) is 40.7. The van der Waals surface area contributed by atoms with Gasteiger partial charge in [0.05, 0.1) is 0 Å². The zero-order valence-corrected chi connectivity index (χ0v) is 29.9. The van der Waals surface area contributed by atoms with E-state index >= 15 is 0 Å². The van der Waals surface area contributed by atoms with Gasteiger partial charge in [0.25, 0.3) is 0 Å². The third kappa shape index (κ3) is 48.6. The number of aliphatic carboxylic acids is 2. The van der Waals surface area contributed by atoms with Crippen LogP contribution in [-0.4, -0.2) is 11.9 Å². The van der Waals surface area contributed by atoms with Crippen molar-refractivity contribution >= 4 is 11.9 Å². The number of hydrogen-bond donors (Lipinski definition) is 0. The van der Waals surface area contributed by atoms with Crippen LogP contribution in [-0.2, 0) is 29.1 Å². The molecule has 0 heterocycles. The van der Waals surface area contributed by atoms with Gasteiger partial charge in [0.1, 0.15) is 0 Å². The molecule has 0 saturated carbocycles. The van der Waals surface area contributed by atoms with Gasteiger partial charge in [-0.1, -0.05) is 127 Å². The number of carboxylic acids is 2. The maximum absolute atomic E-state index is 10.2. The van der Waals surface area contributed by atoms with Gasteiger partial charge in [0, 0.05) is 11.9 Å². The molecule has 0 spiro atoms. The summed E-state index contributed by atoms with van der Waals surface area (Å²) in [5.74, 6) is -1.84. The first-order chi connectivity index (χ1) is 19.5. The molecule has 0 unspecified atom stereocenters. The topological polar surface area (TPSA) is 80.3 Å². The van der Waals surface area contributed by atoms with Crippen LogP contribution in [0.5, 0.6) is 0 Å². The van der Waals surface area contributed by atoms with Crippen molar-refractivity contribution in [2.45, 2.75) is 168 Å². The van der Waals surface area contributed by atoms with Crippen LogP contribution in [0, 0.1) is 0 Å². The monoisotopic (exact) mass is 622 g/mol. The summed E-state index contributed by atoms with van der Waals surface area (Å²) < 4.78 is 0. The van der Waals surface area contributed by atoms with Gasteiger partial charge in [-0.2, -0.15) is 0 Å². The van der Waals surface area contributed by atoms with E-state index in [0.717, 1.165) is 64.2 Å². The molecular formula is C36H62O4Zn. The molecule has 0 aromatic heterocycles. The predicted octanol–water partition coefficient (Wildman–Crippen LogP) is 9.10. The number of rotatable bonds is 28. The van der Waals surface area contributed by atoms with Gasteiger partial charge in [0.15, 0.2) is 0 Å². The SMILES string of the molecule is CCCCC/C=C/C/C=C/CCCCCCCC(=O)[O-].CCCCC/C=C/C/C=C/CCCCCCCC(=O)[O-].[Zn+2]. The average molecular weight is 624 g/mol. The van der Waals surface area contributed by atoms with Crippen LogP contribution >= 0.6 is 0 Å². The third-order valence-corrected chi connectivity index (χ3v) is 6.66. The van der Waals surface area contributed by atoms with Gasteiger partial charge in [-0.15, -0.1) is 0 Å². The summed E-state index contributed by atoms with van der Waals surface area (Å²) in [6.45, 7) is 4.46. The van der Waals surface area contributed by atoms with Crippen molar-refractivity contribution in [1.29, 1.82) is 0 Å². The summed E-state index contributed by atoms with van der Waals surface area (Å²) in [6.07, 6.45) is 43.9. The number of unbranched alkanes of at least 4 members (excludes halogenated alkanes) is 16. The van der Waals surface area contributed by atoms with Crippen LogP contribution in [0.1, 0.15) is 168 Å². The average Bonchev–Trinajstić information content (AvgIpc) is 2.93. The van der Waals surface area contributed by atoms with E-state index in [9.17, 15) is 19.8 Å². The molecule has 5 heteroatoms. The van der Waals surface area contributed by atoms with Crippen molar-refractivity contribution in [3.05, 3.63) is 48.6 Å². The minimum absolute atomic E-state index is 0. The molecular weight excluding hydrogens is 562 g/mol. The molecule has 0 radical (unpaired) electrons. The fourth-order valence-electron chi connectivity index (χ4n) is 4.16. The Kier molecular flexibility index (Phi) is 43.6.